The molecule has 0 unspecified atom stereocenters. The van der Waals surface area contributed by atoms with E-state index in [0.29, 0.717) is 18.7 Å². The second kappa shape index (κ2) is 6.88. The molecule has 1 aliphatic rings. The third-order valence-electron chi connectivity index (χ3n) is 3.89. The molecule has 24 heavy (non-hydrogen) atoms. The second-order valence-corrected chi connectivity index (χ2v) is 7.68. The molecule has 0 spiro atoms. The van der Waals surface area contributed by atoms with Crippen LogP contribution in [0.15, 0.2) is 53.7 Å². The fraction of sp³-hybridized carbons (Fsp3) is 0.250. The van der Waals surface area contributed by atoms with E-state index in [4.69, 9.17) is 11.6 Å². The van der Waals surface area contributed by atoms with E-state index in [1.165, 1.54) is 16.6 Å². The van der Waals surface area contributed by atoms with Crippen molar-refractivity contribution in [1.29, 1.82) is 0 Å². The van der Waals surface area contributed by atoms with Crippen molar-refractivity contribution in [3.8, 4) is 0 Å². The van der Waals surface area contributed by atoms with Crippen LogP contribution in [0.25, 0.3) is 0 Å². The molecule has 1 saturated heterocycles. The number of piperazine rings is 1. The van der Waals surface area contributed by atoms with E-state index in [0.717, 1.165) is 0 Å². The smallest absolute Gasteiger partial charge is 0.255 e. The minimum absolute atomic E-state index is 0.0960. The molecule has 3 rings (SSSR count). The summed E-state index contributed by atoms with van der Waals surface area (Å²) in [5.41, 5.74) is 0.500. The first-order valence-corrected chi connectivity index (χ1v) is 9.26. The Morgan fingerprint density at radius 1 is 1.04 bits per heavy atom. The molecule has 0 atom stereocenters. The average molecular weight is 366 g/mol. The second-order valence-electron chi connectivity index (χ2n) is 5.37. The molecule has 1 aromatic carbocycles. The van der Waals surface area contributed by atoms with Gasteiger partial charge in [0, 0.05) is 38.6 Å². The molecule has 1 amide bonds. The number of carbonyl (C=O) groups excluding carboxylic acids is 1. The number of halogens is 1. The Labute approximate surface area is 145 Å². The van der Waals surface area contributed by atoms with Crippen molar-refractivity contribution in [2.75, 3.05) is 26.2 Å². The number of hydrogen-bond donors (Lipinski definition) is 0. The van der Waals surface area contributed by atoms with E-state index in [1.54, 1.807) is 41.4 Å². The molecule has 8 heteroatoms. The van der Waals surface area contributed by atoms with Gasteiger partial charge in [-0.05, 0) is 24.3 Å². The molecular formula is C16H16ClN3O3S. The normalized spacial score (nSPS) is 16.1. The molecule has 126 valence electrons. The van der Waals surface area contributed by atoms with Crippen molar-refractivity contribution in [1.82, 2.24) is 14.2 Å². The summed E-state index contributed by atoms with van der Waals surface area (Å²) in [6.45, 7) is 1.13. The summed E-state index contributed by atoms with van der Waals surface area (Å²) in [4.78, 5) is 18.0. The quantitative estimate of drug-likeness (QED) is 0.832. The highest BCUT2D eigenvalue weighted by atomic mass is 35.5. The summed E-state index contributed by atoms with van der Waals surface area (Å²) in [6, 6.07) is 9.77. The van der Waals surface area contributed by atoms with E-state index < -0.39 is 10.0 Å². The minimum atomic E-state index is -3.66. The van der Waals surface area contributed by atoms with Crippen molar-refractivity contribution in [3.63, 3.8) is 0 Å². The Bertz CT molecular complexity index is 835. The van der Waals surface area contributed by atoms with Crippen LogP contribution in [0.4, 0.5) is 0 Å². The van der Waals surface area contributed by atoms with E-state index in [-0.39, 0.29) is 28.9 Å². The Morgan fingerprint density at radius 3 is 2.38 bits per heavy atom. The molecular weight excluding hydrogens is 350 g/mol. The molecule has 0 N–H and O–H groups in total. The van der Waals surface area contributed by atoms with Gasteiger partial charge in [-0.3, -0.25) is 9.78 Å². The van der Waals surface area contributed by atoms with Crippen LogP contribution in [0.3, 0.4) is 0 Å². The highest BCUT2D eigenvalue weighted by molar-refractivity contribution is 7.89. The van der Waals surface area contributed by atoms with E-state index in [2.05, 4.69) is 4.98 Å². The summed E-state index contributed by atoms with van der Waals surface area (Å²) in [5, 5.41) is 0.200. The highest BCUT2D eigenvalue weighted by Gasteiger charge is 2.31. The van der Waals surface area contributed by atoms with E-state index in [1.807, 2.05) is 0 Å². The lowest BCUT2D eigenvalue weighted by atomic mass is 10.2. The number of hydrogen-bond acceptors (Lipinski definition) is 4. The first kappa shape index (κ1) is 16.9. The number of aromatic nitrogens is 1. The van der Waals surface area contributed by atoms with Gasteiger partial charge in [0.2, 0.25) is 10.0 Å². The monoisotopic (exact) mass is 365 g/mol. The Hall–Kier alpha value is -1.96. The average Bonchev–Trinajstić information content (AvgIpc) is 2.62. The van der Waals surface area contributed by atoms with Gasteiger partial charge in [-0.2, -0.15) is 4.31 Å². The van der Waals surface area contributed by atoms with Gasteiger partial charge in [-0.25, -0.2) is 8.42 Å². The summed E-state index contributed by atoms with van der Waals surface area (Å²) in [6.07, 6.45) is 3.11. The topological polar surface area (TPSA) is 70.6 Å². The molecule has 1 fully saturated rings. The van der Waals surface area contributed by atoms with Crippen molar-refractivity contribution >= 4 is 27.5 Å². The molecule has 0 saturated carbocycles. The summed E-state index contributed by atoms with van der Waals surface area (Å²) in [7, 11) is -3.66. The Balaban J connectivity index is 1.71. The number of rotatable bonds is 3. The fourth-order valence-electron chi connectivity index (χ4n) is 2.60. The largest absolute Gasteiger partial charge is 0.336 e. The predicted octanol–water partition coefficient (Wildman–Crippen LogP) is 1.88. The standard InChI is InChI=1S/C16H16ClN3O3S/c17-14-5-1-2-6-15(14)24(22,23)20-10-8-19(9-11-20)16(21)13-4-3-7-18-12-13/h1-7,12H,8-11H2. The van der Waals surface area contributed by atoms with Crippen LogP contribution in [-0.4, -0.2) is 54.7 Å². The number of carbonyl (C=O) groups is 1. The van der Waals surface area contributed by atoms with Crippen LogP contribution in [0.2, 0.25) is 5.02 Å². The van der Waals surface area contributed by atoms with Crippen molar-refractivity contribution in [2.24, 2.45) is 0 Å². The van der Waals surface area contributed by atoms with Crippen molar-refractivity contribution < 1.29 is 13.2 Å². The maximum Gasteiger partial charge on any atom is 0.255 e. The summed E-state index contributed by atoms with van der Waals surface area (Å²) < 4.78 is 26.7. The molecule has 1 aromatic heterocycles. The highest BCUT2D eigenvalue weighted by Crippen LogP contribution is 2.25. The summed E-state index contributed by atoms with van der Waals surface area (Å²) in [5.74, 6) is -0.141. The first-order valence-electron chi connectivity index (χ1n) is 7.44. The molecule has 0 radical (unpaired) electrons. The first-order chi connectivity index (χ1) is 11.5. The number of nitrogens with zero attached hydrogens (tertiary/aromatic N) is 3. The van der Waals surface area contributed by atoms with Crippen molar-refractivity contribution in [2.45, 2.75) is 4.90 Å². The third-order valence-corrected chi connectivity index (χ3v) is 6.29. The number of benzene rings is 1. The maximum atomic E-state index is 12.7. The lowest BCUT2D eigenvalue weighted by Gasteiger charge is -2.34. The SMILES string of the molecule is O=C(c1cccnc1)N1CCN(S(=O)(=O)c2ccccc2Cl)CC1. The summed E-state index contributed by atoms with van der Waals surface area (Å²) >= 11 is 6.01. The van der Waals surface area contributed by atoms with Gasteiger partial charge < -0.3 is 4.90 Å². The van der Waals surface area contributed by atoms with Gasteiger partial charge in [0.05, 0.1) is 10.6 Å². The Kier molecular flexibility index (Phi) is 4.84. The van der Waals surface area contributed by atoms with Crippen LogP contribution >= 0.6 is 11.6 Å². The lowest BCUT2D eigenvalue weighted by molar-refractivity contribution is 0.0697. The third kappa shape index (κ3) is 3.28. The number of amides is 1. The predicted molar refractivity (Wildman–Crippen MR) is 90.4 cm³/mol. The van der Waals surface area contributed by atoms with Gasteiger partial charge >= 0.3 is 0 Å². The van der Waals surface area contributed by atoms with Gasteiger partial charge in [-0.15, -0.1) is 0 Å². The fourth-order valence-corrected chi connectivity index (χ4v) is 4.51. The van der Waals surface area contributed by atoms with Crippen LogP contribution in [0.1, 0.15) is 10.4 Å². The molecule has 2 aromatic rings. The van der Waals surface area contributed by atoms with Gasteiger partial charge in [0.25, 0.3) is 5.91 Å². The Morgan fingerprint density at radius 2 is 1.75 bits per heavy atom. The zero-order valence-electron chi connectivity index (χ0n) is 12.8. The number of sulfonamides is 1. The van der Waals surface area contributed by atoms with E-state index in [9.17, 15) is 13.2 Å². The zero-order valence-corrected chi connectivity index (χ0v) is 14.4. The van der Waals surface area contributed by atoms with Crippen LogP contribution in [-0.2, 0) is 10.0 Å². The van der Waals surface area contributed by atoms with E-state index >= 15 is 0 Å². The molecule has 0 aliphatic carbocycles. The number of pyridine rings is 1. The van der Waals surface area contributed by atoms with Gasteiger partial charge in [-0.1, -0.05) is 23.7 Å². The lowest BCUT2D eigenvalue weighted by Crippen LogP contribution is -2.50. The zero-order chi connectivity index (χ0) is 17.2. The maximum absolute atomic E-state index is 12.7. The molecule has 6 nitrogen and oxygen atoms in total. The van der Waals surface area contributed by atoms with Gasteiger partial charge in [0.15, 0.2) is 0 Å². The van der Waals surface area contributed by atoms with Gasteiger partial charge in [0.1, 0.15) is 4.90 Å². The molecule has 2 heterocycles. The van der Waals surface area contributed by atoms with Crippen molar-refractivity contribution in [3.05, 3.63) is 59.4 Å². The van der Waals surface area contributed by atoms with Crippen LogP contribution < -0.4 is 0 Å². The van der Waals surface area contributed by atoms with Crippen LogP contribution in [0, 0.1) is 0 Å². The minimum Gasteiger partial charge on any atom is -0.336 e. The molecule has 1 aliphatic heterocycles. The molecule has 0 bridgehead atoms. The van der Waals surface area contributed by atoms with Crippen LogP contribution in [0.5, 0.6) is 0 Å².